The standard InChI is InChI=1S/C19H27ClN2O/c20-18-11-5-4-7-15(18)13-22-12-6-8-16(14-22)19(23)21-17-9-2-1-3-10-17/h4-5,7,11,16-17H,1-3,6,8-10,12-14H2,(H,21,23). The quantitative estimate of drug-likeness (QED) is 0.902. The van der Waals surface area contributed by atoms with Crippen molar-refractivity contribution in [2.45, 2.75) is 57.5 Å². The first-order chi connectivity index (χ1) is 11.2. The Kier molecular flexibility index (Phi) is 5.96. The molecule has 3 nitrogen and oxygen atoms in total. The minimum atomic E-state index is 0.133. The van der Waals surface area contributed by atoms with Crippen molar-refractivity contribution in [3.8, 4) is 0 Å². The molecule has 0 radical (unpaired) electrons. The van der Waals surface area contributed by atoms with E-state index in [0.29, 0.717) is 6.04 Å². The van der Waals surface area contributed by atoms with Crippen molar-refractivity contribution in [3.05, 3.63) is 34.9 Å². The summed E-state index contributed by atoms with van der Waals surface area (Å²) in [4.78, 5) is 14.9. The normalized spacial score (nSPS) is 23.6. The number of nitrogens with one attached hydrogen (secondary N) is 1. The lowest BCUT2D eigenvalue weighted by Gasteiger charge is -2.33. The molecule has 1 aromatic rings. The number of carbonyl (C=O) groups excluding carboxylic acids is 1. The Morgan fingerprint density at radius 1 is 1.13 bits per heavy atom. The summed E-state index contributed by atoms with van der Waals surface area (Å²) in [6.45, 7) is 2.75. The maximum Gasteiger partial charge on any atom is 0.224 e. The Balaban J connectivity index is 1.53. The number of benzene rings is 1. The van der Waals surface area contributed by atoms with E-state index in [2.05, 4.69) is 16.3 Å². The number of rotatable bonds is 4. The first kappa shape index (κ1) is 16.8. The molecule has 2 fully saturated rings. The van der Waals surface area contributed by atoms with Crippen LogP contribution in [0.15, 0.2) is 24.3 Å². The van der Waals surface area contributed by atoms with Crippen LogP contribution in [-0.2, 0) is 11.3 Å². The number of carbonyl (C=O) groups is 1. The highest BCUT2D eigenvalue weighted by Crippen LogP contribution is 2.23. The van der Waals surface area contributed by atoms with Crippen molar-refractivity contribution in [2.24, 2.45) is 5.92 Å². The Morgan fingerprint density at radius 2 is 1.91 bits per heavy atom. The van der Waals surface area contributed by atoms with Gasteiger partial charge in [0.15, 0.2) is 0 Å². The first-order valence-corrected chi connectivity index (χ1v) is 9.36. The summed E-state index contributed by atoms with van der Waals surface area (Å²) in [5.41, 5.74) is 1.16. The van der Waals surface area contributed by atoms with Crippen molar-refractivity contribution < 1.29 is 4.79 Å². The highest BCUT2D eigenvalue weighted by Gasteiger charge is 2.27. The maximum atomic E-state index is 12.6. The molecule has 1 unspecified atom stereocenters. The fourth-order valence-corrected chi connectivity index (χ4v) is 4.04. The number of hydrogen-bond donors (Lipinski definition) is 1. The molecule has 2 aliphatic rings. The van der Waals surface area contributed by atoms with E-state index in [1.54, 1.807) is 0 Å². The van der Waals surface area contributed by atoms with Crippen LogP contribution in [-0.4, -0.2) is 29.9 Å². The van der Waals surface area contributed by atoms with Crippen LogP contribution in [0.25, 0.3) is 0 Å². The van der Waals surface area contributed by atoms with Gasteiger partial charge in [-0.1, -0.05) is 49.1 Å². The van der Waals surface area contributed by atoms with Gasteiger partial charge in [-0.2, -0.15) is 0 Å². The van der Waals surface area contributed by atoms with Gasteiger partial charge in [-0.05, 0) is 43.9 Å². The fraction of sp³-hybridized carbons (Fsp3) is 0.632. The SMILES string of the molecule is O=C(NC1CCCCC1)C1CCCN(Cc2ccccc2Cl)C1. The van der Waals surface area contributed by atoms with Crippen molar-refractivity contribution in [3.63, 3.8) is 0 Å². The highest BCUT2D eigenvalue weighted by atomic mass is 35.5. The van der Waals surface area contributed by atoms with E-state index in [-0.39, 0.29) is 11.8 Å². The van der Waals surface area contributed by atoms with Gasteiger partial charge in [-0.25, -0.2) is 0 Å². The molecule has 1 amide bonds. The van der Waals surface area contributed by atoms with E-state index in [4.69, 9.17) is 11.6 Å². The van der Waals surface area contributed by atoms with E-state index in [0.717, 1.165) is 55.9 Å². The monoisotopic (exact) mass is 334 g/mol. The third-order valence-corrected chi connectivity index (χ3v) is 5.55. The molecule has 0 spiro atoms. The topological polar surface area (TPSA) is 32.3 Å². The molecule has 1 aromatic carbocycles. The maximum absolute atomic E-state index is 12.6. The van der Waals surface area contributed by atoms with Crippen molar-refractivity contribution in [2.75, 3.05) is 13.1 Å². The summed E-state index contributed by atoms with van der Waals surface area (Å²) in [7, 11) is 0. The number of nitrogens with zero attached hydrogens (tertiary/aromatic N) is 1. The third kappa shape index (κ3) is 4.71. The fourth-order valence-electron chi connectivity index (χ4n) is 3.85. The Bertz CT molecular complexity index is 528. The van der Waals surface area contributed by atoms with Gasteiger partial charge in [-0.15, -0.1) is 0 Å². The van der Waals surface area contributed by atoms with Crippen LogP contribution in [0.2, 0.25) is 5.02 Å². The van der Waals surface area contributed by atoms with Gasteiger partial charge in [0.1, 0.15) is 0 Å². The van der Waals surface area contributed by atoms with Gasteiger partial charge < -0.3 is 5.32 Å². The van der Waals surface area contributed by atoms with Crippen molar-refractivity contribution >= 4 is 17.5 Å². The van der Waals surface area contributed by atoms with Crippen LogP contribution in [0, 0.1) is 5.92 Å². The molecule has 23 heavy (non-hydrogen) atoms. The highest BCUT2D eigenvalue weighted by molar-refractivity contribution is 6.31. The number of piperidine rings is 1. The molecule has 1 heterocycles. The molecule has 4 heteroatoms. The lowest BCUT2D eigenvalue weighted by molar-refractivity contribution is -0.127. The van der Waals surface area contributed by atoms with E-state index in [9.17, 15) is 4.79 Å². The molecule has 1 saturated heterocycles. The molecule has 1 saturated carbocycles. The molecule has 1 aliphatic carbocycles. The van der Waals surface area contributed by atoms with Gasteiger partial charge >= 0.3 is 0 Å². The zero-order chi connectivity index (χ0) is 16.1. The summed E-state index contributed by atoms with van der Waals surface area (Å²) >= 11 is 6.27. The molecule has 3 rings (SSSR count). The lowest BCUT2D eigenvalue weighted by Crippen LogP contribution is -2.46. The van der Waals surface area contributed by atoms with Crippen LogP contribution in [0.3, 0.4) is 0 Å². The van der Waals surface area contributed by atoms with Crippen LogP contribution < -0.4 is 5.32 Å². The second kappa shape index (κ2) is 8.16. The minimum Gasteiger partial charge on any atom is -0.353 e. The van der Waals surface area contributed by atoms with E-state index in [1.165, 1.54) is 19.3 Å². The number of amides is 1. The van der Waals surface area contributed by atoms with Crippen molar-refractivity contribution in [1.29, 1.82) is 0 Å². The van der Waals surface area contributed by atoms with Crippen LogP contribution in [0.5, 0.6) is 0 Å². The Morgan fingerprint density at radius 3 is 2.70 bits per heavy atom. The van der Waals surface area contributed by atoms with Gasteiger partial charge in [0.05, 0.1) is 5.92 Å². The smallest absolute Gasteiger partial charge is 0.224 e. The first-order valence-electron chi connectivity index (χ1n) is 8.98. The van der Waals surface area contributed by atoms with Crippen LogP contribution in [0.1, 0.15) is 50.5 Å². The zero-order valence-electron chi connectivity index (χ0n) is 13.8. The van der Waals surface area contributed by atoms with E-state index in [1.807, 2.05) is 18.2 Å². The largest absolute Gasteiger partial charge is 0.353 e. The van der Waals surface area contributed by atoms with Gasteiger partial charge in [0.25, 0.3) is 0 Å². The average Bonchev–Trinajstić information content (AvgIpc) is 2.58. The summed E-state index contributed by atoms with van der Waals surface area (Å²) in [5, 5.41) is 4.11. The Hall–Kier alpha value is -1.06. The summed E-state index contributed by atoms with van der Waals surface area (Å²) in [6, 6.07) is 8.42. The van der Waals surface area contributed by atoms with Crippen LogP contribution >= 0.6 is 11.6 Å². The third-order valence-electron chi connectivity index (χ3n) is 5.18. The summed E-state index contributed by atoms with van der Waals surface area (Å²) in [5.74, 6) is 0.397. The number of halogens is 1. The molecule has 0 aromatic heterocycles. The van der Waals surface area contributed by atoms with Crippen LogP contribution in [0.4, 0.5) is 0 Å². The molecule has 0 bridgehead atoms. The molecule has 1 aliphatic heterocycles. The van der Waals surface area contributed by atoms with Crippen molar-refractivity contribution in [1.82, 2.24) is 10.2 Å². The predicted molar refractivity (Wildman–Crippen MR) is 94.5 cm³/mol. The average molecular weight is 335 g/mol. The molecule has 1 atom stereocenters. The molecular weight excluding hydrogens is 308 g/mol. The minimum absolute atomic E-state index is 0.133. The van der Waals surface area contributed by atoms with Gasteiger partial charge in [-0.3, -0.25) is 9.69 Å². The number of hydrogen-bond acceptors (Lipinski definition) is 2. The van der Waals surface area contributed by atoms with Gasteiger partial charge in [0, 0.05) is 24.2 Å². The second-order valence-corrected chi connectivity index (χ2v) is 7.42. The summed E-state index contributed by atoms with van der Waals surface area (Å²) < 4.78 is 0. The zero-order valence-corrected chi connectivity index (χ0v) is 14.5. The molecular formula is C19H27ClN2O. The lowest BCUT2D eigenvalue weighted by atomic mass is 9.93. The summed E-state index contributed by atoms with van der Waals surface area (Å²) in [6.07, 6.45) is 8.25. The molecule has 1 N–H and O–H groups in total. The van der Waals surface area contributed by atoms with E-state index >= 15 is 0 Å². The predicted octanol–water partition coefficient (Wildman–Crippen LogP) is 4.00. The number of likely N-dealkylation sites (tertiary alicyclic amines) is 1. The Labute approximate surface area is 144 Å². The second-order valence-electron chi connectivity index (χ2n) is 7.01. The van der Waals surface area contributed by atoms with Gasteiger partial charge in [0.2, 0.25) is 5.91 Å². The molecule has 126 valence electrons. The van der Waals surface area contributed by atoms with E-state index < -0.39 is 0 Å².